The maximum absolute atomic E-state index is 13.1. The first-order valence-electron chi connectivity index (χ1n) is 4.72. The van der Waals surface area contributed by atoms with Gasteiger partial charge in [-0.1, -0.05) is 0 Å². The van der Waals surface area contributed by atoms with Gasteiger partial charge in [0.25, 0.3) is 0 Å². The third-order valence-corrected chi connectivity index (χ3v) is 2.43. The van der Waals surface area contributed by atoms with Gasteiger partial charge in [-0.25, -0.2) is 14.4 Å². The Morgan fingerprint density at radius 2 is 2.43 bits per heavy atom. The maximum atomic E-state index is 13.1. The van der Waals surface area contributed by atoms with Crippen LogP contribution in [0, 0.1) is 0 Å². The number of alkyl halides is 1. The first-order valence-corrected chi connectivity index (χ1v) is 4.72. The molecule has 1 atom stereocenters. The number of nitrogens with zero attached hydrogens (tertiary/aromatic N) is 3. The van der Waals surface area contributed by atoms with Gasteiger partial charge in [0, 0.05) is 13.1 Å². The quantitative estimate of drug-likeness (QED) is 0.728. The van der Waals surface area contributed by atoms with Crippen molar-refractivity contribution in [2.45, 2.75) is 19.0 Å². The monoisotopic (exact) mass is 196 g/mol. The molecule has 0 amide bonds. The van der Waals surface area contributed by atoms with E-state index in [1.54, 1.807) is 6.20 Å². The fourth-order valence-electron chi connectivity index (χ4n) is 1.72. The smallest absolute Gasteiger partial charge is 0.150 e. The summed E-state index contributed by atoms with van der Waals surface area (Å²) in [6.07, 6.45) is 3.78. The highest BCUT2D eigenvalue weighted by Gasteiger charge is 2.20. The summed E-state index contributed by atoms with van der Waals surface area (Å²) in [7, 11) is 0. The number of rotatable bonds is 1. The summed E-state index contributed by atoms with van der Waals surface area (Å²) in [6.45, 7) is 1.23. The molecule has 14 heavy (non-hydrogen) atoms. The molecule has 1 aromatic rings. The van der Waals surface area contributed by atoms with Crippen LogP contribution in [-0.4, -0.2) is 29.2 Å². The summed E-state index contributed by atoms with van der Waals surface area (Å²) in [4.78, 5) is 9.68. The topological polar surface area (TPSA) is 55.0 Å². The minimum atomic E-state index is -0.761. The molecule has 1 unspecified atom stereocenters. The van der Waals surface area contributed by atoms with Gasteiger partial charge in [-0.15, -0.1) is 0 Å². The molecule has 0 radical (unpaired) electrons. The van der Waals surface area contributed by atoms with Crippen LogP contribution in [0.2, 0.25) is 0 Å². The van der Waals surface area contributed by atoms with Crippen LogP contribution in [0.5, 0.6) is 0 Å². The fourth-order valence-corrected chi connectivity index (χ4v) is 1.72. The van der Waals surface area contributed by atoms with E-state index in [0.29, 0.717) is 18.8 Å². The van der Waals surface area contributed by atoms with E-state index in [-0.39, 0.29) is 0 Å². The first kappa shape index (κ1) is 9.18. The summed E-state index contributed by atoms with van der Waals surface area (Å²) in [5, 5.41) is 0. The number of nitrogens with two attached hydrogens (primary N) is 1. The second-order valence-electron chi connectivity index (χ2n) is 3.48. The van der Waals surface area contributed by atoms with Crippen molar-refractivity contribution in [2.24, 2.45) is 0 Å². The second kappa shape index (κ2) is 3.77. The van der Waals surface area contributed by atoms with Gasteiger partial charge >= 0.3 is 0 Å². The molecule has 1 saturated heterocycles. The molecule has 0 saturated carbocycles. The molecular formula is C9H13FN4. The molecule has 76 valence electrons. The van der Waals surface area contributed by atoms with Gasteiger partial charge < -0.3 is 10.6 Å². The Morgan fingerprint density at radius 3 is 3.14 bits per heavy atom. The fraction of sp³-hybridized carbons (Fsp3) is 0.556. The van der Waals surface area contributed by atoms with E-state index in [0.717, 1.165) is 18.7 Å². The van der Waals surface area contributed by atoms with E-state index in [9.17, 15) is 4.39 Å². The number of hydrogen-bond donors (Lipinski definition) is 1. The van der Waals surface area contributed by atoms with E-state index in [2.05, 4.69) is 9.97 Å². The molecule has 2 N–H and O–H groups in total. The van der Waals surface area contributed by atoms with E-state index >= 15 is 0 Å². The van der Waals surface area contributed by atoms with Crippen molar-refractivity contribution < 1.29 is 4.39 Å². The highest BCUT2D eigenvalue weighted by atomic mass is 19.1. The Labute approximate surface area is 82.0 Å². The van der Waals surface area contributed by atoms with Crippen molar-refractivity contribution >= 4 is 11.5 Å². The van der Waals surface area contributed by atoms with Gasteiger partial charge in [-0.3, -0.25) is 0 Å². The molecule has 1 aliphatic heterocycles. The largest absolute Gasteiger partial charge is 0.382 e. The van der Waals surface area contributed by atoms with Crippen LogP contribution < -0.4 is 10.6 Å². The van der Waals surface area contributed by atoms with Crippen LogP contribution >= 0.6 is 0 Å². The van der Waals surface area contributed by atoms with Crippen molar-refractivity contribution in [1.82, 2.24) is 9.97 Å². The Morgan fingerprint density at radius 1 is 1.57 bits per heavy atom. The molecule has 2 heterocycles. The third-order valence-electron chi connectivity index (χ3n) is 2.43. The lowest BCUT2D eigenvalue weighted by atomic mass is 10.1. The molecule has 1 fully saturated rings. The first-order chi connectivity index (χ1) is 6.77. The molecule has 0 spiro atoms. The zero-order valence-electron chi connectivity index (χ0n) is 7.86. The summed E-state index contributed by atoms with van der Waals surface area (Å²) in [6, 6.07) is 0. The molecule has 1 aromatic heterocycles. The normalized spacial score (nSPS) is 22.4. The minimum Gasteiger partial charge on any atom is -0.382 e. The number of aromatic nitrogens is 2. The van der Waals surface area contributed by atoms with Gasteiger partial charge in [0.1, 0.15) is 18.3 Å². The van der Waals surface area contributed by atoms with E-state index in [1.165, 1.54) is 6.33 Å². The molecular weight excluding hydrogens is 183 g/mol. The standard InChI is InChI=1S/C9H13FN4/c10-7-2-1-3-14(5-7)8-4-12-6-13-9(8)11/h4,6-7H,1-3,5H2,(H2,11,12,13). The van der Waals surface area contributed by atoms with E-state index in [4.69, 9.17) is 5.73 Å². The summed E-state index contributed by atoms with van der Waals surface area (Å²) >= 11 is 0. The van der Waals surface area contributed by atoms with Crippen LogP contribution in [0.25, 0.3) is 0 Å². The lowest BCUT2D eigenvalue weighted by Crippen LogP contribution is -2.36. The summed E-state index contributed by atoms with van der Waals surface area (Å²) < 4.78 is 13.1. The Kier molecular flexibility index (Phi) is 2.47. The summed E-state index contributed by atoms with van der Waals surface area (Å²) in [5.74, 6) is 0.425. The molecule has 1 aliphatic rings. The van der Waals surface area contributed by atoms with Gasteiger partial charge in [0.2, 0.25) is 0 Å². The second-order valence-corrected chi connectivity index (χ2v) is 3.48. The lowest BCUT2D eigenvalue weighted by Gasteiger charge is -2.30. The van der Waals surface area contributed by atoms with Gasteiger partial charge in [0.05, 0.1) is 11.9 Å². The van der Waals surface area contributed by atoms with Crippen molar-refractivity contribution in [3.8, 4) is 0 Å². The minimum absolute atomic E-state index is 0.400. The summed E-state index contributed by atoms with van der Waals surface area (Å²) in [5.41, 5.74) is 6.43. The maximum Gasteiger partial charge on any atom is 0.150 e. The zero-order chi connectivity index (χ0) is 9.97. The molecule has 0 aromatic carbocycles. The average Bonchev–Trinajstić information content (AvgIpc) is 2.18. The Hall–Kier alpha value is -1.39. The van der Waals surface area contributed by atoms with Crippen molar-refractivity contribution in [2.75, 3.05) is 23.7 Å². The van der Waals surface area contributed by atoms with Crippen LogP contribution in [0.1, 0.15) is 12.8 Å². The van der Waals surface area contributed by atoms with Gasteiger partial charge in [-0.2, -0.15) is 0 Å². The highest BCUT2D eigenvalue weighted by molar-refractivity contribution is 5.61. The highest BCUT2D eigenvalue weighted by Crippen LogP contribution is 2.23. The number of halogens is 1. The third kappa shape index (κ3) is 1.76. The van der Waals surface area contributed by atoms with Crippen LogP contribution in [0.15, 0.2) is 12.5 Å². The van der Waals surface area contributed by atoms with Crippen LogP contribution in [-0.2, 0) is 0 Å². The Bertz CT molecular complexity index is 317. The average molecular weight is 196 g/mol. The van der Waals surface area contributed by atoms with Gasteiger partial charge in [-0.05, 0) is 12.8 Å². The van der Waals surface area contributed by atoms with E-state index in [1.807, 2.05) is 4.90 Å². The van der Waals surface area contributed by atoms with Crippen molar-refractivity contribution in [3.05, 3.63) is 12.5 Å². The number of nitrogen functional groups attached to an aromatic ring is 1. The van der Waals surface area contributed by atoms with E-state index < -0.39 is 6.17 Å². The SMILES string of the molecule is Nc1ncncc1N1CCCC(F)C1. The molecule has 2 rings (SSSR count). The van der Waals surface area contributed by atoms with Crippen LogP contribution in [0.3, 0.4) is 0 Å². The van der Waals surface area contributed by atoms with Crippen LogP contribution in [0.4, 0.5) is 15.9 Å². The number of hydrogen-bond acceptors (Lipinski definition) is 4. The zero-order valence-corrected chi connectivity index (χ0v) is 7.86. The predicted molar refractivity (Wildman–Crippen MR) is 52.8 cm³/mol. The van der Waals surface area contributed by atoms with Crippen molar-refractivity contribution in [1.29, 1.82) is 0 Å². The molecule has 4 nitrogen and oxygen atoms in total. The number of piperidine rings is 1. The number of anilines is 2. The van der Waals surface area contributed by atoms with Gasteiger partial charge in [0.15, 0.2) is 0 Å². The Balaban J connectivity index is 2.18. The molecule has 0 bridgehead atoms. The predicted octanol–water partition coefficient (Wildman–Crippen LogP) is 0.997. The lowest BCUT2D eigenvalue weighted by molar-refractivity contribution is 0.287. The molecule has 5 heteroatoms. The molecule has 0 aliphatic carbocycles. The van der Waals surface area contributed by atoms with Crippen molar-refractivity contribution in [3.63, 3.8) is 0 Å².